The normalized spacial score (nSPS) is 12.0. The van der Waals surface area contributed by atoms with E-state index in [0.717, 1.165) is 5.56 Å². The zero-order chi connectivity index (χ0) is 15.8. The number of aromatic nitrogens is 1. The quantitative estimate of drug-likeness (QED) is 0.873. The lowest BCUT2D eigenvalue weighted by atomic mass is 10.2. The molecule has 0 spiro atoms. The fraction of sp³-hybridized carbons (Fsp3) is 0.357. The van der Waals surface area contributed by atoms with E-state index in [1.54, 1.807) is 39.0 Å². The van der Waals surface area contributed by atoms with E-state index in [0.29, 0.717) is 22.7 Å². The highest BCUT2D eigenvalue weighted by Gasteiger charge is 2.25. The van der Waals surface area contributed by atoms with E-state index >= 15 is 0 Å². The van der Waals surface area contributed by atoms with Gasteiger partial charge < -0.3 is 10.3 Å². The molecule has 1 aromatic carbocycles. The van der Waals surface area contributed by atoms with Crippen molar-refractivity contribution in [1.29, 1.82) is 0 Å². The van der Waals surface area contributed by atoms with Crippen molar-refractivity contribution in [3.8, 4) is 0 Å². The summed E-state index contributed by atoms with van der Waals surface area (Å²) in [6.07, 6.45) is 0. The van der Waals surface area contributed by atoms with E-state index in [1.807, 2.05) is 0 Å². The van der Waals surface area contributed by atoms with Crippen molar-refractivity contribution in [2.75, 3.05) is 12.8 Å². The van der Waals surface area contributed by atoms with Crippen molar-refractivity contribution >= 4 is 15.7 Å². The van der Waals surface area contributed by atoms with Crippen LogP contribution in [0.2, 0.25) is 0 Å². The summed E-state index contributed by atoms with van der Waals surface area (Å²) in [5, 5.41) is 3.84. The van der Waals surface area contributed by atoms with Crippen LogP contribution in [0, 0.1) is 20.8 Å². The first-order valence-corrected chi connectivity index (χ1v) is 7.92. The number of hydrogen-bond acceptors (Lipinski definition) is 5. The van der Waals surface area contributed by atoms with Crippen LogP contribution in [0.4, 0.5) is 5.69 Å². The van der Waals surface area contributed by atoms with Crippen LogP contribution in [0.3, 0.4) is 0 Å². The molecule has 0 unspecified atom stereocenters. The lowest BCUT2D eigenvalue weighted by molar-refractivity contribution is 0.390. The first-order valence-electron chi connectivity index (χ1n) is 6.48. The summed E-state index contributed by atoms with van der Waals surface area (Å²) in [5.41, 5.74) is 8.29. The van der Waals surface area contributed by atoms with Gasteiger partial charge in [0.25, 0.3) is 0 Å². The Labute approximate surface area is 124 Å². The monoisotopic (exact) mass is 309 g/mol. The Morgan fingerprint density at radius 3 is 2.52 bits per heavy atom. The maximum atomic E-state index is 12.7. The molecule has 0 aliphatic carbocycles. The number of sulfonamides is 1. The van der Waals surface area contributed by atoms with Crippen molar-refractivity contribution < 1.29 is 12.9 Å². The van der Waals surface area contributed by atoms with Gasteiger partial charge in [0.15, 0.2) is 0 Å². The average molecular weight is 309 g/mol. The SMILES string of the molecule is Cc1noc(C)c1CN(C)S(=O)(=O)c1cccc(N)c1C. The summed E-state index contributed by atoms with van der Waals surface area (Å²) in [6.45, 7) is 5.46. The molecule has 0 aliphatic heterocycles. The maximum Gasteiger partial charge on any atom is 0.243 e. The summed E-state index contributed by atoms with van der Waals surface area (Å²) < 4.78 is 31.7. The molecular weight excluding hydrogens is 290 g/mol. The van der Waals surface area contributed by atoms with Gasteiger partial charge in [0, 0.05) is 24.8 Å². The molecule has 2 rings (SSSR count). The third-order valence-electron chi connectivity index (χ3n) is 3.58. The summed E-state index contributed by atoms with van der Waals surface area (Å²) >= 11 is 0. The first kappa shape index (κ1) is 15.5. The lowest BCUT2D eigenvalue weighted by Gasteiger charge is -2.19. The topological polar surface area (TPSA) is 89.4 Å². The van der Waals surface area contributed by atoms with Crippen LogP contribution in [-0.4, -0.2) is 24.9 Å². The molecule has 0 saturated heterocycles. The Hall–Kier alpha value is -1.86. The number of benzene rings is 1. The second-order valence-corrected chi connectivity index (χ2v) is 7.05. The molecule has 0 amide bonds. The van der Waals surface area contributed by atoms with Crippen molar-refractivity contribution in [2.45, 2.75) is 32.2 Å². The van der Waals surface area contributed by atoms with E-state index in [1.165, 1.54) is 11.4 Å². The van der Waals surface area contributed by atoms with Crippen LogP contribution in [0.25, 0.3) is 0 Å². The number of nitrogens with two attached hydrogens (primary N) is 1. The Morgan fingerprint density at radius 1 is 1.29 bits per heavy atom. The number of hydrogen-bond donors (Lipinski definition) is 1. The number of rotatable bonds is 4. The molecule has 21 heavy (non-hydrogen) atoms. The molecule has 6 nitrogen and oxygen atoms in total. The second kappa shape index (κ2) is 5.50. The molecule has 0 radical (unpaired) electrons. The van der Waals surface area contributed by atoms with Crippen molar-refractivity contribution in [1.82, 2.24) is 9.46 Å². The molecule has 0 atom stereocenters. The zero-order valence-electron chi connectivity index (χ0n) is 12.5. The molecular formula is C14H19N3O3S. The Balaban J connectivity index is 2.38. The molecule has 2 aromatic rings. The van der Waals surface area contributed by atoms with Gasteiger partial charge in [0.1, 0.15) is 5.76 Å². The zero-order valence-corrected chi connectivity index (χ0v) is 13.4. The predicted octanol–water partition coefficient (Wildman–Crippen LogP) is 2.00. The van der Waals surface area contributed by atoms with Gasteiger partial charge in [-0.15, -0.1) is 0 Å². The fourth-order valence-electron chi connectivity index (χ4n) is 2.11. The van der Waals surface area contributed by atoms with Gasteiger partial charge in [-0.25, -0.2) is 8.42 Å². The molecule has 114 valence electrons. The minimum absolute atomic E-state index is 0.206. The largest absolute Gasteiger partial charge is 0.398 e. The highest BCUT2D eigenvalue weighted by atomic mass is 32.2. The van der Waals surface area contributed by atoms with E-state index in [4.69, 9.17) is 10.3 Å². The molecule has 0 aliphatic rings. The molecule has 1 aromatic heterocycles. The van der Waals surface area contributed by atoms with Crippen LogP contribution in [-0.2, 0) is 16.6 Å². The predicted molar refractivity (Wildman–Crippen MR) is 80.2 cm³/mol. The minimum Gasteiger partial charge on any atom is -0.398 e. The third-order valence-corrected chi connectivity index (χ3v) is 5.52. The third kappa shape index (κ3) is 2.79. The van der Waals surface area contributed by atoms with Gasteiger partial charge in [-0.05, 0) is 38.5 Å². The first-order chi connectivity index (χ1) is 9.75. The summed E-state index contributed by atoms with van der Waals surface area (Å²) in [7, 11) is -2.09. The summed E-state index contributed by atoms with van der Waals surface area (Å²) in [6, 6.07) is 4.88. The number of aryl methyl sites for hydroxylation is 2. The second-order valence-electron chi connectivity index (χ2n) is 5.03. The molecule has 0 bridgehead atoms. The number of anilines is 1. The van der Waals surface area contributed by atoms with Crippen LogP contribution in [0.5, 0.6) is 0 Å². The standard InChI is InChI=1S/C14H19N3O3S/c1-9-13(15)6-5-7-14(9)21(18,19)17(4)8-12-10(2)16-20-11(12)3/h5-7H,8,15H2,1-4H3. The van der Waals surface area contributed by atoms with Crippen LogP contribution < -0.4 is 5.73 Å². The Morgan fingerprint density at radius 2 is 1.95 bits per heavy atom. The summed E-state index contributed by atoms with van der Waals surface area (Å²) in [4.78, 5) is 0.219. The van der Waals surface area contributed by atoms with Crippen molar-refractivity contribution in [2.24, 2.45) is 0 Å². The number of nitrogens with zero attached hydrogens (tertiary/aromatic N) is 2. The average Bonchev–Trinajstić information content (AvgIpc) is 2.73. The highest BCUT2D eigenvalue weighted by Crippen LogP contribution is 2.25. The van der Waals surface area contributed by atoms with Gasteiger partial charge >= 0.3 is 0 Å². The van der Waals surface area contributed by atoms with Crippen LogP contribution in [0.15, 0.2) is 27.6 Å². The molecule has 1 heterocycles. The van der Waals surface area contributed by atoms with Crippen molar-refractivity contribution in [3.63, 3.8) is 0 Å². The van der Waals surface area contributed by atoms with Gasteiger partial charge in [-0.3, -0.25) is 0 Å². The number of nitrogen functional groups attached to an aromatic ring is 1. The molecule has 2 N–H and O–H groups in total. The van der Waals surface area contributed by atoms with Crippen LogP contribution >= 0.6 is 0 Å². The van der Waals surface area contributed by atoms with Crippen LogP contribution in [0.1, 0.15) is 22.6 Å². The molecule has 0 fully saturated rings. The Kier molecular flexibility index (Phi) is 4.06. The minimum atomic E-state index is -3.62. The summed E-state index contributed by atoms with van der Waals surface area (Å²) in [5.74, 6) is 0.624. The molecule has 7 heteroatoms. The van der Waals surface area contributed by atoms with E-state index in [9.17, 15) is 8.42 Å². The van der Waals surface area contributed by atoms with Gasteiger partial charge in [0.05, 0.1) is 10.6 Å². The van der Waals surface area contributed by atoms with Crippen molar-refractivity contribution in [3.05, 3.63) is 40.8 Å². The highest BCUT2D eigenvalue weighted by molar-refractivity contribution is 7.89. The maximum absolute atomic E-state index is 12.7. The smallest absolute Gasteiger partial charge is 0.243 e. The molecule has 0 saturated carbocycles. The Bertz CT molecular complexity index is 746. The van der Waals surface area contributed by atoms with E-state index in [-0.39, 0.29) is 11.4 Å². The van der Waals surface area contributed by atoms with E-state index in [2.05, 4.69) is 5.16 Å². The van der Waals surface area contributed by atoms with Gasteiger partial charge in [-0.1, -0.05) is 11.2 Å². The van der Waals surface area contributed by atoms with Gasteiger partial charge in [0.2, 0.25) is 10.0 Å². The van der Waals surface area contributed by atoms with E-state index < -0.39 is 10.0 Å². The lowest BCUT2D eigenvalue weighted by Crippen LogP contribution is -2.27. The fourth-order valence-corrected chi connectivity index (χ4v) is 3.50. The van der Waals surface area contributed by atoms with Gasteiger partial charge in [-0.2, -0.15) is 4.31 Å².